The van der Waals surface area contributed by atoms with Crippen LogP contribution in [-0.4, -0.2) is 11.2 Å². The summed E-state index contributed by atoms with van der Waals surface area (Å²) < 4.78 is 7.49. The quantitative estimate of drug-likeness (QED) is 0.561. The average Bonchev–Trinajstić information content (AvgIpc) is 2.68. The van der Waals surface area contributed by atoms with Gasteiger partial charge in [0.1, 0.15) is 0 Å². The number of aryl methyl sites for hydroxylation is 2. The summed E-state index contributed by atoms with van der Waals surface area (Å²) in [5.74, 6) is 0. The molecular weight excluding hydrogens is 138 g/mol. The van der Waals surface area contributed by atoms with Crippen LogP contribution in [0.2, 0.25) is 0 Å². The number of rotatable bonds is 1. The van der Waals surface area contributed by atoms with E-state index in [1.165, 1.54) is 17.0 Å². The van der Waals surface area contributed by atoms with Gasteiger partial charge >= 0.3 is 0 Å². The van der Waals surface area contributed by atoms with Crippen LogP contribution in [0.4, 0.5) is 0 Å². The van der Waals surface area contributed by atoms with Crippen LogP contribution in [0.1, 0.15) is 23.2 Å². The minimum absolute atomic E-state index is 0.337. The third-order valence-electron chi connectivity index (χ3n) is 2.34. The minimum Gasteiger partial charge on any atom is -0.351 e. The Bertz CT molecular complexity index is 284. The van der Waals surface area contributed by atoms with Gasteiger partial charge < -0.3 is 9.30 Å². The normalized spacial score (nSPS) is 22.3. The predicted molar refractivity (Wildman–Crippen MR) is 43.6 cm³/mol. The number of epoxide rings is 1. The second-order valence-corrected chi connectivity index (χ2v) is 3.21. The lowest BCUT2D eigenvalue weighted by molar-refractivity contribution is 0.348. The third kappa shape index (κ3) is 0.979. The van der Waals surface area contributed by atoms with E-state index in [1.54, 1.807) is 0 Å². The first kappa shape index (κ1) is 6.92. The molecule has 2 nitrogen and oxygen atoms in total. The molecule has 0 saturated carbocycles. The molecule has 11 heavy (non-hydrogen) atoms. The SMILES string of the molecule is Cc1cc(C)n([C@@H]2CO2)c1C. The summed E-state index contributed by atoms with van der Waals surface area (Å²) in [7, 11) is 0. The average molecular weight is 151 g/mol. The van der Waals surface area contributed by atoms with E-state index >= 15 is 0 Å². The molecule has 0 unspecified atom stereocenters. The highest BCUT2D eigenvalue weighted by atomic mass is 16.6. The van der Waals surface area contributed by atoms with E-state index in [9.17, 15) is 0 Å². The van der Waals surface area contributed by atoms with Crippen molar-refractivity contribution in [3.05, 3.63) is 23.0 Å². The maximum atomic E-state index is 5.23. The molecule has 0 radical (unpaired) electrons. The standard InChI is InChI=1S/C9H13NO/c1-6-4-7(2)10(8(6)3)9-5-11-9/h4,9H,5H2,1-3H3/t9-/m0/s1. The molecule has 60 valence electrons. The van der Waals surface area contributed by atoms with Crippen LogP contribution in [0.25, 0.3) is 0 Å². The molecule has 1 atom stereocenters. The first-order valence-corrected chi connectivity index (χ1v) is 3.97. The van der Waals surface area contributed by atoms with Gasteiger partial charge in [0.25, 0.3) is 0 Å². The Morgan fingerprint density at radius 2 is 2.09 bits per heavy atom. The highest BCUT2D eigenvalue weighted by Crippen LogP contribution is 2.28. The van der Waals surface area contributed by atoms with E-state index in [0.29, 0.717) is 6.23 Å². The van der Waals surface area contributed by atoms with Crippen molar-refractivity contribution < 1.29 is 4.74 Å². The Morgan fingerprint density at radius 3 is 2.45 bits per heavy atom. The minimum atomic E-state index is 0.337. The molecule has 2 rings (SSSR count). The van der Waals surface area contributed by atoms with Gasteiger partial charge in [-0.3, -0.25) is 0 Å². The summed E-state index contributed by atoms with van der Waals surface area (Å²) in [5.41, 5.74) is 4.01. The van der Waals surface area contributed by atoms with E-state index in [-0.39, 0.29) is 0 Å². The summed E-state index contributed by atoms with van der Waals surface area (Å²) in [4.78, 5) is 0. The van der Waals surface area contributed by atoms with Crippen LogP contribution < -0.4 is 0 Å². The molecule has 2 heterocycles. The van der Waals surface area contributed by atoms with Crippen molar-refractivity contribution in [2.24, 2.45) is 0 Å². The van der Waals surface area contributed by atoms with Crippen LogP contribution >= 0.6 is 0 Å². The third-order valence-corrected chi connectivity index (χ3v) is 2.34. The molecule has 0 aromatic carbocycles. The number of ether oxygens (including phenoxy) is 1. The Kier molecular flexibility index (Phi) is 1.33. The van der Waals surface area contributed by atoms with Crippen LogP contribution in [-0.2, 0) is 4.74 Å². The van der Waals surface area contributed by atoms with E-state index in [2.05, 4.69) is 31.4 Å². The second kappa shape index (κ2) is 2.11. The first-order valence-electron chi connectivity index (χ1n) is 3.97. The Balaban J connectivity index is 2.50. The number of hydrogen-bond acceptors (Lipinski definition) is 1. The van der Waals surface area contributed by atoms with Gasteiger partial charge in [0, 0.05) is 11.4 Å². The van der Waals surface area contributed by atoms with Gasteiger partial charge in [0.2, 0.25) is 0 Å². The molecule has 1 aliphatic heterocycles. The molecule has 1 aromatic rings. The summed E-state index contributed by atoms with van der Waals surface area (Å²) in [5, 5.41) is 0. The molecule has 0 bridgehead atoms. The lowest BCUT2D eigenvalue weighted by Gasteiger charge is -2.03. The fraction of sp³-hybridized carbons (Fsp3) is 0.556. The lowest BCUT2D eigenvalue weighted by Crippen LogP contribution is -1.99. The zero-order valence-electron chi connectivity index (χ0n) is 7.22. The van der Waals surface area contributed by atoms with Crippen molar-refractivity contribution in [2.75, 3.05) is 6.61 Å². The number of hydrogen-bond donors (Lipinski definition) is 0. The van der Waals surface area contributed by atoms with Crippen molar-refractivity contribution in [3.63, 3.8) is 0 Å². The van der Waals surface area contributed by atoms with Crippen molar-refractivity contribution in [3.8, 4) is 0 Å². The van der Waals surface area contributed by atoms with Crippen molar-refractivity contribution >= 4 is 0 Å². The van der Waals surface area contributed by atoms with Gasteiger partial charge in [-0.15, -0.1) is 0 Å². The molecule has 1 fully saturated rings. The second-order valence-electron chi connectivity index (χ2n) is 3.21. The highest BCUT2D eigenvalue weighted by molar-refractivity contribution is 5.25. The maximum Gasteiger partial charge on any atom is 0.157 e. The van der Waals surface area contributed by atoms with E-state index in [4.69, 9.17) is 4.74 Å². The summed E-state index contributed by atoms with van der Waals surface area (Å²) in [6, 6.07) is 2.21. The predicted octanol–water partition coefficient (Wildman–Crippen LogP) is 1.94. The molecule has 0 N–H and O–H groups in total. The van der Waals surface area contributed by atoms with Crippen molar-refractivity contribution in [1.82, 2.24) is 4.57 Å². The molecule has 2 heteroatoms. The molecule has 1 aliphatic rings. The summed E-state index contributed by atoms with van der Waals surface area (Å²) in [6.45, 7) is 7.29. The van der Waals surface area contributed by atoms with Gasteiger partial charge in [0.05, 0.1) is 6.61 Å². The van der Waals surface area contributed by atoms with E-state index in [1.807, 2.05) is 0 Å². The Hall–Kier alpha value is -0.760. The van der Waals surface area contributed by atoms with Crippen molar-refractivity contribution in [2.45, 2.75) is 27.0 Å². The molecule has 1 aromatic heterocycles. The largest absolute Gasteiger partial charge is 0.351 e. The van der Waals surface area contributed by atoms with Gasteiger partial charge in [-0.1, -0.05) is 0 Å². The van der Waals surface area contributed by atoms with Gasteiger partial charge in [0.15, 0.2) is 6.23 Å². The molecule has 1 saturated heterocycles. The molecule has 0 aliphatic carbocycles. The van der Waals surface area contributed by atoms with E-state index < -0.39 is 0 Å². The maximum absolute atomic E-state index is 5.23. The van der Waals surface area contributed by atoms with Gasteiger partial charge in [-0.05, 0) is 32.4 Å². The van der Waals surface area contributed by atoms with Gasteiger partial charge in [-0.25, -0.2) is 0 Å². The number of aromatic nitrogens is 1. The molecule has 0 amide bonds. The van der Waals surface area contributed by atoms with Crippen LogP contribution in [0.3, 0.4) is 0 Å². The van der Waals surface area contributed by atoms with E-state index in [0.717, 1.165) is 6.61 Å². The monoisotopic (exact) mass is 151 g/mol. The topological polar surface area (TPSA) is 17.5 Å². The number of nitrogens with zero attached hydrogens (tertiary/aromatic N) is 1. The Labute approximate surface area is 66.8 Å². The fourth-order valence-corrected chi connectivity index (χ4v) is 1.58. The lowest BCUT2D eigenvalue weighted by atomic mass is 10.3. The zero-order valence-corrected chi connectivity index (χ0v) is 7.22. The fourth-order valence-electron chi connectivity index (χ4n) is 1.58. The van der Waals surface area contributed by atoms with Crippen LogP contribution in [0.5, 0.6) is 0 Å². The highest BCUT2D eigenvalue weighted by Gasteiger charge is 2.27. The Morgan fingerprint density at radius 1 is 1.45 bits per heavy atom. The van der Waals surface area contributed by atoms with Gasteiger partial charge in [-0.2, -0.15) is 0 Å². The zero-order chi connectivity index (χ0) is 8.01. The molecule has 0 spiro atoms. The molecular formula is C9H13NO. The first-order chi connectivity index (χ1) is 5.20. The van der Waals surface area contributed by atoms with Crippen LogP contribution in [0, 0.1) is 20.8 Å². The summed E-state index contributed by atoms with van der Waals surface area (Å²) >= 11 is 0. The van der Waals surface area contributed by atoms with Crippen LogP contribution in [0.15, 0.2) is 6.07 Å². The van der Waals surface area contributed by atoms with Crippen molar-refractivity contribution in [1.29, 1.82) is 0 Å². The summed E-state index contributed by atoms with van der Waals surface area (Å²) in [6.07, 6.45) is 0.337. The smallest absolute Gasteiger partial charge is 0.157 e.